The van der Waals surface area contributed by atoms with E-state index in [1.807, 2.05) is 30.3 Å². The van der Waals surface area contributed by atoms with Crippen molar-refractivity contribution in [2.75, 3.05) is 26.2 Å². The molecule has 1 aliphatic heterocycles. The highest BCUT2D eigenvalue weighted by atomic mass is 32.2. The highest BCUT2D eigenvalue weighted by Crippen LogP contribution is 2.18. The molecule has 1 aromatic carbocycles. The van der Waals surface area contributed by atoms with Gasteiger partial charge in [0.05, 0.1) is 11.9 Å². The largest absolute Gasteiger partial charge is 0.466 e. The molecule has 1 unspecified atom stereocenters. The van der Waals surface area contributed by atoms with E-state index in [0.29, 0.717) is 32.4 Å². The molecule has 1 fully saturated rings. The van der Waals surface area contributed by atoms with Crippen molar-refractivity contribution in [3.05, 3.63) is 35.9 Å². The number of likely N-dealkylation sites (tertiary alicyclic amines) is 1. The maximum atomic E-state index is 12.5. The first-order valence-electron chi connectivity index (χ1n) is 9.52. The molecule has 2 rings (SSSR count). The Kier molecular flexibility index (Phi) is 8.72. The standard InChI is InChI=1S/C19H28N2O6S/c1-2-26-18(22)11-6-12-20-28(24,25)17-10-7-13-21(14-17)19(23)27-15-16-8-4-3-5-9-16/h3-5,8-9,17,20H,2,6-7,10-15H2,1H3. The number of benzene rings is 1. The van der Waals surface area contributed by atoms with Gasteiger partial charge >= 0.3 is 12.1 Å². The van der Waals surface area contributed by atoms with E-state index in [4.69, 9.17) is 9.47 Å². The van der Waals surface area contributed by atoms with Crippen LogP contribution in [0.5, 0.6) is 0 Å². The van der Waals surface area contributed by atoms with Crippen LogP contribution in [0, 0.1) is 0 Å². The number of carbonyl (C=O) groups excluding carboxylic acids is 2. The average molecular weight is 413 g/mol. The molecule has 8 nitrogen and oxygen atoms in total. The van der Waals surface area contributed by atoms with Crippen LogP contribution in [-0.4, -0.2) is 56.9 Å². The quantitative estimate of drug-likeness (QED) is 0.492. The highest BCUT2D eigenvalue weighted by Gasteiger charge is 2.33. The van der Waals surface area contributed by atoms with Crippen molar-refractivity contribution >= 4 is 22.1 Å². The molecule has 1 atom stereocenters. The van der Waals surface area contributed by atoms with Gasteiger partial charge in [0.1, 0.15) is 6.61 Å². The molecule has 1 N–H and O–H groups in total. The Morgan fingerprint density at radius 1 is 1.21 bits per heavy atom. The van der Waals surface area contributed by atoms with E-state index in [1.54, 1.807) is 6.92 Å². The lowest BCUT2D eigenvalue weighted by molar-refractivity contribution is -0.143. The molecule has 1 heterocycles. The Bertz CT molecular complexity index is 738. The molecule has 28 heavy (non-hydrogen) atoms. The Morgan fingerprint density at radius 2 is 1.96 bits per heavy atom. The smallest absolute Gasteiger partial charge is 0.410 e. The molecule has 0 aromatic heterocycles. The third-order valence-electron chi connectivity index (χ3n) is 4.45. The fraction of sp³-hybridized carbons (Fsp3) is 0.579. The van der Waals surface area contributed by atoms with Gasteiger partial charge in [-0.25, -0.2) is 17.9 Å². The molecule has 0 aliphatic carbocycles. The second-order valence-electron chi connectivity index (χ2n) is 6.60. The fourth-order valence-corrected chi connectivity index (χ4v) is 4.48. The van der Waals surface area contributed by atoms with Gasteiger partial charge in [-0.15, -0.1) is 0 Å². The van der Waals surface area contributed by atoms with Crippen molar-refractivity contribution in [2.24, 2.45) is 0 Å². The van der Waals surface area contributed by atoms with Crippen molar-refractivity contribution in [2.45, 2.75) is 44.5 Å². The number of sulfonamides is 1. The molecule has 156 valence electrons. The second-order valence-corrected chi connectivity index (χ2v) is 8.64. The normalized spacial score (nSPS) is 17.2. The number of nitrogens with one attached hydrogen (secondary N) is 1. The van der Waals surface area contributed by atoms with Crippen molar-refractivity contribution in [3.63, 3.8) is 0 Å². The number of hydrogen-bond donors (Lipinski definition) is 1. The average Bonchev–Trinajstić information content (AvgIpc) is 2.70. The van der Waals surface area contributed by atoms with E-state index in [-0.39, 0.29) is 32.1 Å². The van der Waals surface area contributed by atoms with Crippen molar-refractivity contribution in [3.8, 4) is 0 Å². The minimum atomic E-state index is -3.58. The predicted molar refractivity (Wildman–Crippen MR) is 104 cm³/mol. The van der Waals surface area contributed by atoms with Gasteiger partial charge in [-0.2, -0.15) is 0 Å². The lowest BCUT2D eigenvalue weighted by atomic mass is 10.1. The van der Waals surface area contributed by atoms with Gasteiger partial charge in [0.25, 0.3) is 0 Å². The van der Waals surface area contributed by atoms with Crippen LogP contribution >= 0.6 is 0 Å². The van der Waals surface area contributed by atoms with Gasteiger partial charge in [0.15, 0.2) is 0 Å². The molecular formula is C19H28N2O6S. The van der Waals surface area contributed by atoms with Crippen LogP contribution in [0.1, 0.15) is 38.2 Å². The Hall–Kier alpha value is -2.13. The van der Waals surface area contributed by atoms with Crippen LogP contribution in [-0.2, 0) is 30.9 Å². The zero-order chi connectivity index (χ0) is 20.4. The van der Waals surface area contributed by atoms with Crippen LogP contribution in [0.3, 0.4) is 0 Å². The second kappa shape index (κ2) is 11.0. The van der Waals surface area contributed by atoms with E-state index >= 15 is 0 Å². The SMILES string of the molecule is CCOC(=O)CCCNS(=O)(=O)C1CCCN(C(=O)OCc2ccccc2)C1. The van der Waals surface area contributed by atoms with Crippen LogP contribution in [0.25, 0.3) is 0 Å². The number of carbonyl (C=O) groups is 2. The minimum absolute atomic E-state index is 0.0980. The van der Waals surface area contributed by atoms with Crippen LogP contribution in [0.15, 0.2) is 30.3 Å². The van der Waals surface area contributed by atoms with Crippen LogP contribution in [0.2, 0.25) is 0 Å². The summed E-state index contributed by atoms with van der Waals surface area (Å²) in [5.74, 6) is -0.341. The summed E-state index contributed by atoms with van der Waals surface area (Å²) in [6, 6.07) is 9.32. The number of esters is 1. The lowest BCUT2D eigenvalue weighted by Crippen LogP contribution is -2.48. The fourth-order valence-electron chi connectivity index (χ4n) is 2.97. The Labute approximate surface area is 166 Å². The minimum Gasteiger partial charge on any atom is -0.466 e. The first kappa shape index (κ1) is 22.2. The molecule has 0 radical (unpaired) electrons. The Balaban J connectivity index is 1.78. The van der Waals surface area contributed by atoms with Gasteiger partial charge in [-0.3, -0.25) is 4.79 Å². The summed E-state index contributed by atoms with van der Waals surface area (Å²) in [4.78, 5) is 25.0. The molecule has 0 bridgehead atoms. The molecular weight excluding hydrogens is 384 g/mol. The van der Waals surface area contributed by atoms with Crippen LogP contribution < -0.4 is 4.72 Å². The summed E-state index contributed by atoms with van der Waals surface area (Å²) in [6.07, 6.45) is 1.10. The first-order valence-corrected chi connectivity index (χ1v) is 11.1. The summed E-state index contributed by atoms with van der Waals surface area (Å²) >= 11 is 0. The van der Waals surface area contributed by atoms with Crippen molar-refractivity contribution < 1.29 is 27.5 Å². The predicted octanol–water partition coefficient (Wildman–Crippen LogP) is 2.05. The topological polar surface area (TPSA) is 102 Å². The number of hydrogen-bond acceptors (Lipinski definition) is 6. The molecule has 9 heteroatoms. The zero-order valence-corrected chi connectivity index (χ0v) is 16.9. The van der Waals surface area contributed by atoms with Gasteiger partial charge in [-0.1, -0.05) is 30.3 Å². The lowest BCUT2D eigenvalue weighted by Gasteiger charge is -2.31. The van der Waals surface area contributed by atoms with Gasteiger partial charge in [-0.05, 0) is 31.7 Å². The van der Waals surface area contributed by atoms with Crippen molar-refractivity contribution in [1.29, 1.82) is 0 Å². The molecule has 0 saturated carbocycles. The van der Waals surface area contributed by atoms with E-state index in [9.17, 15) is 18.0 Å². The number of amides is 1. The maximum absolute atomic E-state index is 12.5. The van der Waals surface area contributed by atoms with Gasteiger partial charge in [0, 0.05) is 26.1 Å². The summed E-state index contributed by atoms with van der Waals surface area (Å²) < 4.78 is 37.6. The monoisotopic (exact) mass is 412 g/mol. The van der Waals surface area contributed by atoms with Gasteiger partial charge in [0.2, 0.25) is 10.0 Å². The summed E-state index contributed by atoms with van der Waals surface area (Å²) in [5.41, 5.74) is 0.875. The number of piperidine rings is 1. The number of nitrogens with zero attached hydrogens (tertiary/aromatic N) is 1. The van der Waals surface area contributed by atoms with Gasteiger partial charge < -0.3 is 14.4 Å². The molecule has 1 saturated heterocycles. The third-order valence-corrected chi connectivity index (χ3v) is 6.32. The summed E-state index contributed by atoms with van der Waals surface area (Å²) in [6.45, 7) is 2.92. The number of rotatable bonds is 9. The van der Waals surface area contributed by atoms with Crippen LogP contribution in [0.4, 0.5) is 4.79 Å². The highest BCUT2D eigenvalue weighted by molar-refractivity contribution is 7.90. The number of ether oxygens (including phenoxy) is 2. The molecule has 1 amide bonds. The molecule has 1 aliphatic rings. The summed E-state index contributed by atoms with van der Waals surface area (Å²) in [7, 11) is -3.58. The van der Waals surface area contributed by atoms with E-state index in [0.717, 1.165) is 5.56 Å². The van der Waals surface area contributed by atoms with Crippen molar-refractivity contribution in [1.82, 2.24) is 9.62 Å². The zero-order valence-electron chi connectivity index (χ0n) is 16.1. The first-order chi connectivity index (χ1) is 13.4. The van der Waals surface area contributed by atoms with E-state index in [1.165, 1.54) is 4.90 Å². The maximum Gasteiger partial charge on any atom is 0.410 e. The van der Waals surface area contributed by atoms with E-state index < -0.39 is 21.4 Å². The Morgan fingerprint density at radius 3 is 2.68 bits per heavy atom. The molecule has 1 aromatic rings. The third kappa shape index (κ3) is 7.12. The van der Waals surface area contributed by atoms with E-state index in [2.05, 4.69) is 4.72 Å². The summed E-state index contributed by atoms with van der Waals surface area (Å²) in [5, 5.41) is -0.687. The molecule has 0 spiro atoms.